The average Bonchev–Trinajstić information content (AvgIpc) is 2.17. The summed E-state index contributed by atoms with van der Waals surface area (Å²) >= 11 is 0. The first kappa shape index (κ1) is 5.60. The van der Waals surface area contributed by atoms with Gasteiger partial charge in [0.25, 0.3) is 0 Å². The second-order valence-electron chi connectivity index (χ2n) is 2.64. The van der Waals surface area contributed by atoms with Crippen molar-refractivity contribution < 1.29 is 4.79 Å². The van der Waals surface area contributed by atoms with E-state index in [0.29, 0.717) is 12.3 Å². The Morgan fingerprint density at radius 1 is 1.88 bits per heavy atom. The zero-order valence-electron chi connectivity index (χ0n) is 5.05. The lowest BCUT2D eigenvalue weighted by molar-refractivity contribution is -0.118. The van der Waals surface area contributed by atoms with Crippen molar-refractivity contribution in [3.8, 4) is 0 Å². The SMILES string of the molecule is C[C@@H]1C[C@H]1CC(N)=O. The van der Waals surface area contributed by atoms with Crippen molar-refractivity contribution in [3.63, 3.8) is 0 Å². The van der Waals surface area contributed by atoms with Gasteiger partial charge in [0.15, 0.2) is 0 Å². The van der Waals surface area contributed by atoms with Gasteiger partial charge < -0.3 is 5.73 Å². The third-order valence-electron chi connectivity index (χ3n) is 1.74. The molecule has 46 valence electrons. The zero-order valence-corrected chi connectivity index (χ0v) is 5.05. The quantitative estimate of drug-likeness (QED) is 0.557. The molecule has 1 fully saturated rings. The summed E-state index contributed by atoms with van der Waals surface area (Å²) in [6.07, 6.45) is 1.80. The summed E-state index contributed by atoms with van der Waals surface area (Å²) in [5, 5.41) is 0. The molecule has 0 aromatic heterocycles. The van der Waals surface area contributed by atoms with Crippen LogP contribution in [0.3, 0.4) is 0 Å². The second-order valence-corrected chi connectivity index (χ2v) is 2.64. The van der Waals surface area contributed by atoms with Crippen molar-refractivity contribution in [1.29, 1.82) is 0 Å². The molecule has 0 bridgehead atoms. The van der Waals surface area contributed by atoms with Crippen LogP contribution in [0.15, 0.2) is 0 Å². The number of amides is 1. The normalized spacial score (nSPS) is 34.6. The molecule has 0 heterocycles. The largest absolute Gasteiger partial charge is 0.370 e. The highest BCUT2D eigenvalue weighted by Gasteiger charge is 2.33. The maximum absolute atomic E-state index is 10.2. The molecule has 2 heteroatoms. The summed E-state index contributed by atoms with van der Waals surface area (Å²) in [7, 11) is 0. The van der Waals surface area contributed by atoms with Crippen LogP contribution in [-0.2, 0) is 4.79 Å². The van der Waals surface area contributed by atoms with E-state index in [2.05, 4.69) is 6.92 Å². The Morgan fingerprint density at radius 3 is 2.50 bits per heavy atom. The molecule has 0 aliphatic heterocycles. The molecule has 1 saturated carbocycles. The van der Waals surface area contributed by atoms with Crippen molar-refractivity contribution in [3.05, 3.63) is 0 Å². The number of nitrogens with two attached hydrogens (primary N) is 1. The molecular formula is C6H11NO. The molecule has 0 aromatic rings. The molecule has 0 unspecified atom stereocenters. The van der Waals surface area contributed by atoms with Crippen LogP contribution in [0.25, 0.3) is 0 Å². The summed E-state index contributed by atoms with van der Waals surface area (Å²) < 4.78 is 0. The van der Waals surface area contributed by atoms with Crippen LogP contribution in [0.2, 0.25) is 0 Å². The Hall–Kier alpha value is -0.530. The predicted octanol–water partition coefficient (Wildman–Crippen LogP) is 0.518. The number of hydrogen-bond acceptors (Lipinski definition) is 1. The van der Waals surface area contributed by atoms with Gasteiger partial charge in [-0.05, 0) is 18.3 Å². The lowest BCUT2D eigenvalue weighted by Crippen LogP contribution is -2.10. The molecule has 1 amide bonds. The van der Waals surface area contributed by atoms with Crippen molar-refractivity contribution in [2.24, 2.45) is 17.6 Å². The van der Waals surface area contributed by atoms with Gasteiger partial charge >= 0.3 is 0 Å². The third kappa shape index (κ3) is 1.22. The minimum absolute atomic E-state index is 0.153. The van der Waals surface area contributed by atoms with Gasteiger partial charge in [0.2, 0.25) is 5.91 Å². The van der Waals surface area contributed by atoms with Crippen LogP contribution < -0.4 is 5.73 Å². The molecule has 0 spiro atoms. The van der Waals surface area contributed by atoms with E-state index < -0.39 is 0 Å². The standard InChI is InChI=1S/C6H11NO/c1-4-2-5(4)3-6(7)8/h4-5H,2-3H2,1H3,(H2,7,8)/t4-,5+/m1/s1. The fourth-order valence-electron chi connectivity index (χ4n) is 0.942. The van der Waals surface area contributed by atoms with E-state index in [-0.39, 0.29) is 5.91 Å². The fraction of sp³-hybridized carbons (Fsp3) is 0.833. The van der Waals surface area contributed by atoms with E-state index in [1.807, 2.05) is 0 Å². The minimum Gasteiger partial charge on any atom is -0.370 e. The van der Waals surface area contributed by atoms with Gasteiger partial charge in [-0.1, -0.05) is 6.92 Å². The Morgan fingerprint density at radius 2 is 2.38 bits per heavy atom. The molecule has 1 aliphatic carbocycles. The molecule has 2 N–H and O–H groups in total. The third-order valence-corrected chi connectivity index (χ3v) is 1.74. The smallest absolute Gasteiger partial charge is 0.217 e. The van der Waals surface area contributed by atoms with Crippen molar-refractivity contribution in [1.82, 2.24) is 0 Å². The van der Waals surface area contributed by atoms with Crippen molar-refractivity contribution >= 4 is 5.91 Å². The Balaban J connectivity index is 2.14. The Kier molecular flexibility index (Phi) is 1.24. The highest BCUT2D eigenvalue weighted by atomic mass is 16.1. The minimum atomic E-state index is -0.153. The van der Waals surface area contributed by atoms with E-state index in [1.165, 1.54) is 6.42 Å². The van der Waals surface area contributed by atoms with Gasteiger partial charge in [-0.3, -0.25) is 4.79 Å². The van der Waals surface area contributed by atoms with E-state index in [1.54, 1.807) is 0 Å². The molecule has 0 radical (unpaired) electrons. The summed E-state index contributed by atoms with van der Waals surface area (Å²) in [6, 6.07) is 0. The first-order chi connectivity index (χ1) is 3.70. The summed E-state index contributed by atoms with van der Waals surface area (Å²) in [6.45, 7) is 2.15. The van der Waals surface area contributed by atoms with Gasteiger partial charge in [-0.2, -0.15) is 0 Å². The van der Waals surface area contributed by atoms with E-state index in [4.69, 9.17) is 5.73 Å². The molecule has 0 aromatic carbocycles. The zero-order chi connectivity index (χ0) is 6.15. The van der Waals surface area contributed by atoms with Crippen LogP contribution >= 0.6 is 0 Å². The molecule has 2 atom stereocenters. The topological polar surface area (TPSA) is 43.1 Å². The summed E-state index contributed by atoms with van der Waals surface area (Å²) in [5.41, 5.74) is 4.96. The van der Waals surface area contributed by atoms with Gasteiger partial charge in [-0.15, -0.1) is 0 Å². The number of primary amides is 1. The number of rotatable bonds is 2. The average molecular weight is 113 g/mol. The van der Waals surface area contributed by atoms with Gasteiger partial charge in [-0.25, -0.2) is 0 Å². The Bertz CT molecular complexity index is 111. The molecule has 8 heavy (non-hydrogen) atoms. The number of carbonyl (C=O) groups excluding carboxylic acids is 1. The van der Waals surface area contributed by atoms with Gasteiger partial charge in [0.1, 0.15) is 0 Å². The monoisotopic (exact) mass is 113 g/mol. The molecule has 1 rings (SSSR count). The van der Waals surface area contributed by atoms with Crippen LogP contribution in [0.5, 0.6) is 0 Å². The molecule has 2 nitrogen and oxygen atoms in total. The van der Waals surface area contributed by atoms with Crippen LogP contribution in [-0.4, -0.2) is 5.91 Å². The molecular weight excluding hydrogens is 102 g/mol. The predicted molar refractivity (Wildman–Crippen MR) is 31.1 cm³/mol. The fourth-order valence-corrected chi connectivity index (χ4v) is 0.942. The van der Waals surface area contributed by atoms with Crippen molar-refractivity contribution in [2.75, 3.05) is 0 Å². The first-order valence-corrected chi connectivity index (χ1v) is 2.98. The first-order valence-electron chi connectivity index (χ1n) is 2.98. The van der Waals surface area contributed by atoms with Crippen LogP contribution in [0, 0.1) is 11.8 Å². The maximum Gasteiger partial charge on any atom is 0.217 e. The summed E-state index contributed by atoms with van der Waals surface area (Å²) in [5.74, 6) is 1.22. The molecule has 1 aliphatic rings. The number of carbonyl (C=O) groups is 1. The lowest BCUT2D eigenvalue weighted by atomic mass is 10.2. The number of hydrogen-bond donors (Lipinski definition) is 1. The van der Waals surface area contributed by atoms with Gasteiger partial charge in [0, 0.05) is 6.42 Å². The highest BCUT2D eigenvalue weighted by Crippen LogP contribution is 2.39. The van der Waals surface area contributed by atoms with Crippen LogP contribution in [0.4, 0.5) is 0 Å². The van der Waals surface area contributed by atoms with Crippen LogP contribution in [0.1, 0.15) is 19.8 Å². The maximum atomic E-state index is 10.2. The van der Waals surface area contributed by atoms with E-state index in [0.717, 1.165) is 5.92 Å². The van der Waals surface area contributed by atoms with E-state index in [9.17, 15) is 4.79 Å². The van der Waals surface area contributed by atoms with Crippen molar-refractivity contribution in [2.45, 2.75) is 19.8 Å². The highest BCUT2D eigenvalue weighted by molar-refractivity contribution is 5.74. The molecule has 0 saturated heterocycles. The second kappa shape index (κ2) is 1.77. The Labute approximate surface area is 49.1 Å². The summed E-state index contributed by atoms with van der Waals surface area (Å²) in [4.78, 5) is 10.2. The lowest BCUT2D eigenvalue weighted by Gasteiger charge is -1.87. The van der Waals surface area contributed by atoms with E-state index >= 15 is 0 Å². The van der Waals surface area contributed by atoms with Gasteiger partial charge in [0.05, 0.1) is 0 Å².